The number of likely N-dealkylation sites (tertiary alicyclic amines) is 1. The Kier molecular flexibility index (Phi) is 4.91. The van der Waals surface area contributed by atoms with Crippen LogP contribution in [0.2, 0.25) is 5.02 Å². The molecule has 0 radical (unpaired) electrons. The highest BCUT2D eigenvalue weighted by Crippen LogP contribution is 2.52. The second kappa shape index (κ2) is 7.47. The van der Waals surface area contributed by atoms with Gasteiger partial charge in [-0.1, -0.05) is 41.9 Å². The molecule has 1 spiro atoms. The Morgan fingerprint density at radius 3 is 2.63 bits per heavy atom. The van der Waals surface area contributed by atoms with Crippen molar-refractivity contribution in [3.63, 3.8) is 0 Å². The average Bonchev–Trinajstić information content (AvgIpc) is 3.21. The van der Waals surface area contributed by atoms with Crippen LogP contribution in [0.5, 0.6) is 11.5 Å². The fourth-order valence-corrected chi connectivity index (χ4v) is 5.40. The van der Waals surface area contributed by atoms with Crippen molar-refractivity contribution in [2.45, 2.75) is 50.9 Å². The van der Waals surface area contributed by atoms with Crippen molar-refractivity contribution < 1.29 is 14.4 Å². The maximum Gasteiger partial charge on any atom is 0.209 e. The van der Waals surface area contributed by atoms with Crippen LogP contribution < -0.4 is 14.4 Å². The molecule has 0 bridgehead atoms. The maximum atomic E-state index is 6.79. The molecule has 5 nitrogen and oxygen atoms in total. The molecule has 0 saturated carbocycles. The lowest BCUT2D eigenvalue weighted by molar-refractivity contribution is -0.929. The van der Waals surface area contributed by atoms with Gasteiger partial charge in [-0.2, -0.15) is 5.10 Å². The molecule has 3 heterocycles. The maximum absolute atomic E-state index is 6.79. The Bertz CT molecular complexity index is 982. The Morgan fingerprint density at radius 2 is 1.93 bits per heavy atom. The fourth-order valence-electron chi connectivity index (χ4n) is 5.16. The third-order valence-corrected chi connectivity index (χ3v) is 7.21. The summed E-state index contributed by atoms with van der Waals surface area (Å²) in [5, 5.41) is 8.12. The van der Waals surface area contributed by atoms with Gasteiger partial charge in [0.25, 0.3) is 0 Å². The van der Waals surface area contributed by atoms with Gasteiger partial charge in [0, 0.05) is 22.6 Å². The summed E-state index contributed by atoms with van der Waals surface area (Å²) in [5.41, 5.74) is 2.75. The van der Waals surface area contributed by atoms with Crippen molar-refractivity contribution >= 4 is 17.3 Å². The van der Waals surface area contributed by atoms with Crippen molar-refractivity contribution in [1.82, 2.24) is 5.01 Å². The smallest absolute Gasteiger partial charge is 0.209 e. The number of rotatable bonds is 3. The van der Waals surface area contributed by atoms with Gasteiger partial charge in [0.1, 0.15) is 0 Å². The summed E-state index contributed by atoms with van der Waals surface area (Å²) in [7, 11) is 1.71. The molecule has 1 N–H and O–H groups in total. The zero-order chi connectivity index (χ0) is 20.9. The van der Waals surface area contributed by atoms with Crippen molar-refractivity contribution in [3.05, 3.63) is 58.6 Å². The first-order valence-electron chi connectivity index (χ1n) is 10.8. The zero-order valence-corrected chi connectivity index (χ0v) is 18.6. The van der Waals surface area contributed by atoms with Gasteiger partial charge in [0.05, 0.1) is 50.8 Å². The molecule has 5 rings (SSSR count). The number of fused-ring (bicyclic) bond motifs is 4. The number of nitrogens with zero attached hydrogens (tertiary/aromatic N) is 2. The summed E-state index contributed by atoms with van der Waals surface area (Å²) >= 11 is 6.53. The first-order valence-corrected chi connectivity index (χ1v) is 11.2. The molecule has 0 unspecified atom stereocenters. The number of hydrogen-bond donors (Lipinski definition) is 1. The molecule has 0 aromatic heterocycles. The highest BCUT2D eigenvalue weighted by molar-refractivity contribution is 6.34. The van der Waals surface area contributed by atoms with Gasteiger partial charge in [-0.25, -0.2) is 5.01 Å². The van der Waals surface area contributed by atoms with Gasteiger partial charge in [-0.15, -0.1) is 0 Å². The monoisotopic (exact) mass is 426 g/mol. The molecule has 6 heteroatoms. The lowest BCUT2D eigenvalue weighted by atomic mass is 9.90. The van der Waals surface area contributed by atoms with Crippen LogP contribution in [0.15, 0.2) is 47.6 Å². The first kappa shape index (κ1) is 19.7. The quantitative estimate of drug-likeness (QED) is 0.813. The number of quaternary nitrogens is 1. The molecule has 2 aromatic carbocycles. The number of piperidine rings is 1. The lowest BCUT2D eigenvalue weighted by Crippen LogP contribution is -3.16. The Morgan fingerprint density at radius 1 is 1.17 bits per heavy atom. The molecule has 3 aliphatic heterocycles. The van der Waals surface area contributed by atoms with Gasteiger partial charge in [-0.3, -0.25) is 0 Å². The van der Waals surface area contributed by atoms with Gasteiger partial charge in [-0.05, 0) is 26.0 Å². The molecule has 0 amide bonds. The van der Waals surface area contributed by atoms with E-state index in [2.05, 4.69) is 31.0 Å². The van der Waals surface area contributed by atoms with Crippen LogP contribution in [0.25, 0.3) is 0 Å². The number of para-hydroxylation sites is 1. The number of nitrogens with one attached hydrogen (secondary N) is 1. The molecule has 0 aliphatic carbocycles. The van der Waals surface area contributed by atoms with E-state index in [1.54, 1.807) is 12.0 Å². The summed E-state index contributed by atoms with van der Waals surface area (Å²) in [6.45, 7) is 6.73. The van der Waals surface area contributed by atoms with Crippen molar-refractivity contribution in [3.8, 4) is 11.5 Å². The Labute approximate surface area is 183 Å². The summed E-state index contributed by atoms with van der Waals surface area (Å²) in [4.78, 5) is 1.63. The first-order chi connectivity index (χ1) is 14.5. The third kappa shape index (κ3) is 3.07. The normalized spacial score (nSPS) is 27.5. The van der Waals surface area contributed by atoms with Crippen LogP contribution in [-0.2, 0) is 0 Å². The van der Waals surface area contributed by atoms with Crippen LogP contribution in [0.1, 0.15) is 50.3 Å². The van der Waals surface area contributed by atoms with Crippen LogP contribution in [0.4, 0.5) is 0 Å². The van der Waals surface area contributed by atoms with Gasteiger partial charge < -0.3 is 14.4 Å². The van der Waals surface area contributed by atoms with E-state index in [0.29, 0.717) is 6.04 Å². The molecule has 1 atom stereocenters. The van der Waals surface area contributed by atoms with Crippen LogP contribution in [-0.4, -0.2) is 42.7 Å². The van der Waals surface area contributed by atoms with Gasteiger partial charge in [0.15, 0.2) is 11.5 Å². The van der Waals surface area contributed by atoms with Crippen LogP contribution >= 0.6 is 11.6 Å². The van der Waals surface area contributed by atoms with E-state index in [9.17, 15) is 0 Å². The van der Waals surface area contributed by atoms with E-state index in [4.69, 9.17) is 26.2 Å². The van der Waals surface area contributed by atoms with E-state index in [0.717, 1.165) is 65.7 Å². The van der Waals surface area contributed by atoms with Gasteiger partial charge in [0.2, 0.25) is 5.72 Å². The van der Waals surface area contributed by atoms with E-state index in [-0.39, 0.29) is 6.04 Å². The minimum Gasteiger partial charge on any atom is -0.493 e. The van der Waals surface area contributed by atoms with E-state index in [1.165, 1.54) is 0 Å². The van der Waals surface area contributed by atoms with E-state index in [1.807, 2.05) is 30.3 Å². The van der Waals surface area contributed by atoms with E-state index >= 15 is 0 Å². The molecule has 3 aliphatic rings. The molecule has 2 aromatic rings. The van der Waals surface area contributed by atoms with Crippen molar-refractivity contribution in [2.24, 2.45) is 5.10 Å². The van der Waals surface area contributed by atoms with Gasteiger partial charge >= 0.3 is 0 Å². The standard InChI is InChI=1S/C24H28ClN3O2/c1-16(2)27-13-11-24(12-14-27)28-21(18-8-6-10-22(29-3)23(18)30-24)15-20(26-28)17-7-4-5-9-19(17)25/h4-10,16,21H,11-15H2,1-3H3/p+1/t21-/m1/s1. The Balaban J connectivity index is 1.58. The predicted octanol–water partition coefficient (Wildman–Crippen LogP) is 3.68. The minimum atomic E-state index is -0.437. The fraction of sp³-hybridized carbons (Fsp3) is 0.458. The molecule has 30 heavy (non-hydrogen) atoms. The number of ether oxygens (including phenoxy) is 2. The summed E-state index contributed by atoms with van der Waals surface area (Å²) in [6, 6.07) is 14.9. The topological polar surface area (TPSA) is 38.5 Å². The SMILES string of the molecule is COc1cccc2c1OC1(CC[NH+](C(C)C)CC1)N1N=C(c3ccccc3Cl)C[C@H]21. The average molecular weight is 427 g/mol. The molecular weight excluding hydrogens is 398 g/mol. The van der Waals surface area contributed by atoms with Crippen LogP contribution in [0, 0.1) is 0 Å². The van der Waals surface area contributed by atoms with E-state index < -0.39 is 5.72 Å². The largest absolute Gasteiger partial charge is 0.493 e. The highest BCUT2D eigenvalue weighted by atomic mass is 35.5. The number of halogens is 1. The van der Waals surface area contributed by atoms with Crippen LogP contribution in [0.3, 0.4) is 0 Å². The summed E-state index contributed by atoms with van der Waals surface area (Å²) < 4.78 is 12.5. The number of methoxy groups -OCH3 is 1. The lowest BCUT2D eigenvalue weighted by Gasteiger charge is -2.50. The molecule has 1 fully saturated rings. The molecular formula is C24H29ClN3O2+. The Hall–Kier alpha value is -2.24. The van der Waals surface area contributed by atoms with Crippen molar-refractivity contribution in [1.29, 1.82) is 0 Å². The predicted molar refractivity (Wildman–Crippen MR) is 119 cm³/mol. The number of hydrazone groups is 1. The third-order valence-electron chi connectivity index (χ3n) is 6.88. The highest BCUT2D eigenvalue weighted by Gasteiger charge is 2.53. The zero-order valence-electron chi connectivity index (χ0n) is 17.8. The van der Waals surface area contributed by atoms with Crippen molar-refractivity contribution in [2.75, 3.05) is 20.2 Å². The summed E-state index contributed by atoms with van der Waals surface area (Å²) in [5.74, 6) is 1.68. The number of hydrogen-bond acceptors (Lipinski definition) is 4. The molecule has 1 saturated heterocycles. The number of benzene rings is 2. The minimum absolute atomic E-state index is 0.135. The second-order valence-corrected chi connectivity index (χ2v) is 9.24. The molecule has 158 valence electrons. The summed E-state index contributed by atoms with van der Waals surface area (Å²) in [6.07, 6.45) is 2.69. The second-order valence-electron chi connectivity index (χ2n) is 8.83.